The van der Waals surface area contributed by atoms with E-state index in [1.165, 1.54) is 5.56 Å². The van der Waals surface area contributed by atoms with E-state index >= 15 is 0 Å². The average Bonchev–Trinajstić information content (AvgIpc) is 2.81. The minimum Gasteiger partial charge on any atom is -0.481 e. The molecule has 1 aliphatic rings. The summed E-state index contributed by atoms with van der Waals surface area (Å²) in [7, 11) is 0. The Hall–Kier alpha value is -1.56. The van der Waals surface area contributed by atoms with E-state index in [-0.39, 0.29) is 18.4 Å². The lowest BCUT2D eigenvalue weighted by molar-refractivity contribution is -0.138. The third kappa shape index (κ3) is 3.96. The zero-order valence-corrected chi connectivity index (χ0v) is 12.4. The Morgan fingerprint density at radius 2 is 2.30 bits per heavy atom. The lowest BCUT2D eigenvalue weighted by Crippen LogP contribution is -2.45. The molecule has 0 spiro atoms. The molecule has 0 aromatic carbocycles. The van der Waals surface area contributed by atoms with Crippen LogP contribution in [-0.4, -0.2) is 35.1 Å². The second kappa shape index (κ2) is 6.74. The maximum Gasteiger partial charge on any atom is 0.317 e. The number of urea groups is 1. The molecule has 1 fully saturated rings. The monoisotopic (exact) mass is 296 g/mol. The van der Waals surface area contributed by atoms with Crippen molar-refractivity contribution in [1.29, 1.82) is 0 Å². The van der Waals surface area contributed by atoms with Gasteiger partial charge in [0.15, 0.2) is 0 Å². The van der Waals surface area contributed by atoms with Crippen molar-refractivity contribution < 1.29 is 14.7 Å². The summed E-state index contributed by atoms with van der Waals surface area (Å²) in [6, 6.07) is -0.0920. The first-order chi connectivity index (χ1) is 9.56. The number of hydrogen-bond acceptors (Lipinski definition) is 3. The Bertz CT molecular complexity index is 487. The van der Waals surface area contributed by atoms with Crippen LogP contribution >= 0.6 is 11.3 Å². The molecule has 6 heteroatoms. The quantitative estimate of drug-likeness (QED) is 0.896. The number of piperidine rings is 1. The van der Waals surface area contributed by atoms with E-state index in [9.17, 15) is 9.59 Å². The molecule has 1 saturated heterocycles. The summed E-state index contributed by atoms with van der Waals surface area (Å²) in [5.74, 6) is -0.707. The lowest BCUT2D eigenvalue weighted by atomic mass is 9.95. The fraction of sp³-hybridized carbons (Fsp3) is 0.571. The summed E-state index contributed by atoms with van der Waals surface area (Å²) >= 11 is 1.63. The molecule has 1 atom stereocenters. The molecule has 1 unspecified atom stereocenters. The second-order valence-electron chi connectivity index (χ2n) is 5.29. The molecule has 5 nitrogen and oxygen atoms in total. The Balaban J connectivity index is 1.82. The van der Waals surface area contributed by atoms with Crippen molar-refractivity contribution >= 4 is 23.3 Å². The number of aliphatic carboxylic acids is 1. The van der Waals surface area contributed by atoms with Crippen molar-refractivity contribution in [2.24, 2.45) is 5.92 Å². The number of nitrogens with one attached hydrogen (secondary N) is 1. The first-order valence-corrected chi connectivity index (χ1v) is 7.76. The van der Waals surface area contributed by atoms with Crippen LogP contribution in [0, 0.1) is 12.8 Å². The molecule has 110 valence electrons. The van der Waals surface area contributed by atoms with Gasteiger partial charge in [0.2, 0.25) is 0 Å². The fourth-order valence-corrected chi connectivity index (χ4v) is 3.37. The predicted octanol–water partition coefficient (Wildman–Crippen LogP) is 2.45. The summed E-state index contributed by atoms with van der Waals surface area (Å²) in [5.41, 5.74) is 2.33. The molecule has 1 aromatic heterocycles. The number of carboxylic acid groups (broad SMARTS) is 1. The third-order valence-corrected chi connectivity index (χ3v) is 4.57. The number of carbonyl (C=O) groups is 2. The third-order valence-electron chi connectivity index (χ3n) is 3.66. The fourth-order valence-electron chi connectivity index (χ4n) is 2.51. The van der Waals surface area contributed by atoms with Crippen LogP contribution in [0.4, 0.5) is 4.79 Å². The van der Waals surface area contributed by atoms with Gasteiger partial charge < -0.3 is 15.3 Å². The molecular formula is C14H20N2O3S. The highest BCUT2D eigenvalue weighted by Crippen LogP contribution is 2.20. The SMILES string of the molecule is Cc1cscc1CNC(=O)N1CCCC(CC(=O)O)C1. The zero-order chi connectivity index (χ0) is 14.5. The van der Waals surface area contributed by atoms with E-state index in [2.05, 4.69) is 10.7 Å². The Labute approximate surface area is 122 Å². The number of hydrogen-bond donors (Lipinski definition) is 2. The largest absolute Gasteiger partial charge is 0.481 e. The summed E-state index contributed by atoms with van der Waals surface area (Å²) in [5, 5.41) is 15.8. The van der Waals surface area contributed by atoms with Crippen molar-refractivity contribution in [3.8, 4) is 0 Å². The highest BCUT2D eigenvalue weighted by molar-refractivity contribution is 7.08. The van der Waals surface area contributed by atoms with Gasteiger partial charge in [-0.2, -0.15) is 11.3 Å². The number of likely N-dealkylation sites (tertiary alicyclic amines) is 1. The van der Waals surface area contributed by atoms with Gasteiger partial charge in [0.1, 0.15) is 0 Å². The number of aryl methyl sites for hydroxylation is 1. The van der Waals surface area contributed by atoms with Crippen molar-refractivity contribution in [3.63, 3.8) is 0 Å². The normalized spacial score (nSPS) is 18.9. The second-order valence-corrected chi connectivity index (χ2v) is 6.03. The molecular weight excluding hydrogens is 276 g/mol. The van der Waals surface area contributed by atoms with Gasteiger partial charge in [-0.05, 0) is 47.6 Å². The Kier molecular flexibility index (Phi) is 5.00. The molecule has 2 rings (SSSR count). The van der Waals surface area contributed by atoms with Gasteiger partial charge in [0.25, 0.3) is 0 Å². The van der Waals surface area contributed by atoms with Crippen molar-refractivity contribution in [3.05, 3.63) is 21.9 Å². The standard InChI is InChI=1S/C14H20N2O3S/c1-10-8-20-9-12(10)6-15-14(19)16-4-2-3-11(7-16)5-13(17)18/h8-9,11H,2-7H2,1H3,(H,15,19)(H,17,18). The first-order valence-electron chi connectivity index (χ1n) is 6.82. The first kappa shape index (κ1) is 14.8. The number of carboxylic acids is 1. The van der Waals surface area contributed by atoms with Gasteiger partial charge in [-0.25, -0.2) is 4.79 Å². The maximum atomic E-state index is 12.1. The molecule has 20 heavy (non-hydrogen) atoms. The van der Waals surface area contributed by atoms with E-state index < -0.39 is 5.97 Å². The van der Waals surface area contributed by atoms with Crippen LogP contribution in [0.1, 0.15) is 30.4 Å². The van der Waals surface area contributed by atoms with Gasteiger partial charge in [-0.15, -0.1) is 0 Å². The van der Waals surface area contributed by atoms with Gasteiger partial charge in [0, 0.05) is 26.1 Å². The topological polar surface area (TPSA) is 69.6 Å². The highest BCUT2D eigenvalue weighted by Gasteiger charge is 2.25. The number of rotatable bonds is 4. The Morgan fingerprint density at radius 3 is 2.95 bits per heavy atom. The zero-order valence-electron chi connectivity index (χ0n) is 11.6. The number of thiophene rings is 1. The predicted molar refractivity (Wildman–Crippen MR) is 77.8 cm³/mol. The summed E-state index contributed by atoms with van der Waals surface area (Å²) in [4.78, 5) is 24.6. The van der Waals surface area contributed by atoms with Crippen LogP contribution < -0.4 is 5.32 Å². The molecule has 1 aliphatic heterocycles. The van der Waals surface area contributed by atoms with Crippen LogP contribution in [0.2, 0.25) is 0 Å². The minimum atomic E-state index is -0.786. The van der Waals surface area contributed by atoms with E-state index in [1.807, 2.05) is 12.3 Å². The molecule has 0 saturated carbocycles. The summed E-state index contributed by atoms with van der Waals surface area (Å²) < 4.78 is 0. The van der Waals surface area contributed by atoms with E-state index in [1.54, 1.807) is 16.2 Å². The molecule has 2 heterocycles. The van der Waals surface area contributed by atoms with Crippen LogP contribution in [0.25, 0.3) is 0 Å². The van der Waals surface area contributed by atoms with E-state index in [4.69, 9.17) is 5.11 Å². The molecule has 0 aliphatic carbocycles. The van der Waals surface area contributed by atoms with E-state index in [0.29, 0.717) is 19.6 Å². The summed E-state index contributed by atoms with van der Waals surface area (Å²) in [6.07, 6.45) is 1.91. The molecule has 0 radical (unpaired) electrons. The number of amides is 2. The van der Waals surface area contributed by atoms with Crippen LogP contribution in [-0.2, 0) is 11.3 Å². The van der Waals surface area contributed by atoms with Crippen molar-refractivity contribution in [2.45, 2.75) is 32.7 Å². The van der Waals surface area contributed by atoms with Gasteiger partial charge >= 0.3 is 12.0 Å². The van der Waals surface area contributed by atoms with Crippen molar-refractivity contribution in [1.82, 2.24) is 10.2 Å². The van der Waals surface area contributed by atoms with Crippen molar-refractivity contribution in [2.75, 3.05) is 13.1 Å². The summed E-state index contributed by atoms with van der Waals surface area (Å²) in [6.45, 7) is 3.82. The molecule has 1 aromatic rings. The van der Waals surface area contributed by atoms with Crippen LogP contribution in [0.15, 0.2) is 10.8 Å². The average molecular weight is 296 g/mol. The lowest BCUT2D eigenvalue weighted by Gasteiger charge is -2.32. The van der Waals surface area contributed by atoms with Gasteiger partial charge in [0.05, 0.1) is 0 Å². The van der Waals surface area contributed by atoms with E-state index in [0.717, 1.165) is 18.4 Å². The Morgan fingerprint density at radius 1 is 1.50 bits per heavy atom. The van der Waals surface area contributed by atoms with Crippen LogP contribution in [0.3, 0.4) is 0 Å². The van der Waals surface area contributed by atoms with Gasteiger partial charge in [-0.1, -0.05) is 0 Å². The molecule has 2 amide bonds. The number of carbonyl (C=O) groups excluding carboxylic acids is 1. The number of nitrogens with zero attached hydrogens (tertiary/aromatic N) is 1. The van der Waals surface area contributed by atoms with Crippen LogP contribution in [0.5, 0.6) is 0 Å². The maximum absolute atomic E-state index is 12.1. The van der Waals surface area contributed by atoms with Gasteiger partial charge in [-0.3, -0.25) is 4.79 Å². The minimum absolute atomic E-state index is 0.0786. The molecule has 0 bridgehead atoms. The highest BCUT2D eigenvalue weighted by atomic mass is 32.1. The molecule has 2 N–H and O–H groups in total. The smallest absolute Gasteiger partial charge is 0.317 e.